The van der Waals surface area contributed by atoms with Gasteiger partial charge in [0.1, 0.15) is 0 Å². The average molecular weight is 512 g/mol. The van der Waals surface area contributed by atoms with Gasteiger partial charge in [0.15, 0.2) is 11.5 Å². The van der Waals surface area contributed by atoms with Crippen LogP contribution in [-0.4, -0.2) is 58.0 Å². The second kappa shape index (κ2) is 15.0. The van der Waals surface area contributed by atoms with E-state index >= 15 is 0 Å². The molecule has 1 aliphatic heterocycles. The maximum Gasteiger partial charge on any atom is 0.310 e. The summed E-state index contributed by atoms with van der Waals surface area (Å²) in [6.45, 7) is 10.7. The van der Waals surface area contributed by atoms with Gasteiger partial charge >= 0.3 is 5.97 Å². The highest BCUT2D eigenvalue weighted by Gasteiger charge is 2.39. The summed E-state index contributed by atoms with van der Waals surface area (Å²) in [5, 5.41) is 0. The molecule has 6 heteroatoms. The number of methoxy groups -OCH3 is 2. The first-order valence-electron chi connectivity index (χ1n) is 13.7. The molecule has 0 spiro atoms. The summed E-state index contributed by atoms with van der Waals surface area (Å²) < 4.78 is 22.2. The molecule has 0 amide bonds. The third kappa shape index (κ3) is 8.75. The first kappa shape index (κ1) is 29.0. The maximum absolute atomic E-state index is 12.9. The zero-order chi connectivity index (χ0) is 26.6. The van der Waals surface area contributed by atoms with Gasteiger partial charge in [-0.3, -0.25) is 9.69 Å². The lowest BCUT2D eigenvalue weighted by Gasteiger charge is -2.27. The van der Waals surface area contributed by atoms with E-state index in [1.807, 2.05) is 19.1 Å². The molecule has 1 heterocycles. The van der Waals surface area contributed by atoms with Crippen molar-refractivity contribution in [3.8, 4) is 11.5 Å². The van der Waals surface area contributed by atoms with Crippen molar-refractivity contribution in [2.24, 2.45) is 23.7 Å². The molecular weight excluding hydrogens is 466 g/mol. The highest BCUT2D eigenvalue weighted by Crippen LogP contribution is 2.36. The molecule has 1 saturated heterocycles. The molecule has 37 heavy (non-hydrogen) atoms. The standard InChI is InChI=1S/C31H45NO5/c1-6-36-31(33)28-22-32(20-24-11-8-7-9-12-24)21-27(28)19-26(23(2)3)17-25-13-14-29(35-5)30(18-25)37-16-10-15-34-4/h7-9,11-14,18,23,26-28H,6,10,15-17,19-22H2,1-5H3/t26-,27-,28+/m0/s1. The number of esters is 1. The molecule has 0 radical (unpaired) electrons. The van der Waals surface area contributed by atoms with Crippen LogP contribution in [0.5, 0.6) is 11.5 Å². The Hall–Kier alpha value is -2.57. The van der Waals surface area contributed by atoms with Gasteiger partial charge in [0, 0.05) is 39.8 Å². The summed E-state index contributed by atoms with van der Waals surface area (Å²) in [6.07, 6.45) is 2.75. The summed E-state index contributed by atoms with van der Waals surface area (Å²) in [6, 6.07) is 16.7. The molecule has 204 valence electrons. The number of nitrogens with zero attached hydrogens (tertiary/aromatic N) is 1. The van der Waals surface area contributed by atoms with E-state index in [9.17, 15) is 4.79 Å². The van der Waals surface area contributed by atoms with Crippen LogP contribution in [0.1, 0.15) is 44.7 Å². The van der Waals surface area contributed by atoms with Crippen LogP contribution >= 0.6 is 0 Å². The van der Waals surface area contributed by atoms with Crippen LogP contribution in [0.15, 0.2) is 48.5 Å². The number of hydrogen-bond acceptors (Lipinski definition) is 6. The molecule has 0 bridgehead atoms. The quantitative estimate of drug-likeness (QED) is 0.228. The lowest BCUT2D eigenvalue weighted by Crippen LogP contribution is -2.28. The molecule has 0 saturated carbocycles. The monoisotopic (exact) mass is 511 g/mol. The Labute approximate surface area is 223 Å². The number of likely N-dealkylation sites (tertiary alicyclic amines) is 1. The Kier molecular flexibility index (Phi) is 11.7. The van der Waals surface area contributed by atoms with Crippen molar-refractivity contribution >= 4 is 5.97 Å². The molecule has 0 aliphatic carbocycles. The smallest absolute Gasteiger partial charge is 0.310 e. The van der Waals surface area contributed by atoms with E-state index in [0.29, 0.717) is 31.7 Å². The molecule has 0 unspecified atom stereocenters. The predicted octanol–water partition coefficient (Wildman–Crippen LogP) is 5.63. The van der Waals surface area contributed by atoms with Crippen molar-refractivity contribution in [3.05, 3.63) is 59.7 Å². The largest absolute Gasteiger partial charge is 0.493 e. The number of ether oxygens (including phenoxy) is 4. The predicted molar refractivity (Wildman–Crippen MR) is 147 cm³/mol. The van der Waals surface area contributed by atoms with Gasteiger partial charge in [0.2, 0.25) is 0 Å². The fraction of sp³-hybridized carbons (Fsp3) is 0.581. The molecule has 0 aromatic heterocycles. The third-order valence-electron chi connectivity index (χ3n) is 7.38. The normalized spacial score (nSPS) is 18.6. The van der Waals surface area contributed by atoms with Crippen LogP contribution < -0.4 is 9.47 Å². The molecule has 0 N–H and O–H groups in total. The minimum absolute atomic E-state index is 0.0539. The molecular formula is C31H45NO5. The zero-order valence-electron chi connectivity index (χ0n) is 23.3. The van der Waals surface area contributed by atoms with Crippen LogP contribution in [0.25, 0.3) is 0 Å². The van der Waals surface area contributed by atoms with Gasteiger partial charge in [-0.1, -0.05) is 50.2 Å². The summed E-state index contributed by atoms with van der Waals surface area (Å²) in [5.74, 6) is 2.59. The number of rotatable bonds is 15. The zero-order valence-corrected chi connectivity index (χ0v) is 23.3. The number of carbonyl (C=O) groups excluding carboxylic acids is 1. The molecule has 6 nitrogen and oxygen atoms in total. The van der Waals surface area contributed by atoms with Gasteiger partial charge in [-0.25, -0.2) is 0 Å². The minimum Gasteiger partial charge on any atom is -0.493 e. The minimum atomic E-state index is -0.0829. The Morgan fingerprint density at radius 1 is 1.00 bits per heavy atom. The third-order valence-corrected chi connectivity index (χ3v) is 7.38. The molecule has 3 rings (SSSR count). The van der Waals surface area contributed by atoms with Crippen molar-refractivity contribution in [2.75, 3.05) is 47.1 Å². The molecule has 3 atom stereocenters. The maximum atomic E-state index is 12.9. The van der Waals surface area contributed by atoms with Crippen molar-refractivity contribution in [2.45, 2.75) is 46.6 Å². The van der Waals surface area contributed by atoms with Gasteiger partial charge in [0.25, 0.3) is 0 Å². The SMILES string of the molecule is CCOC(=O)[C@@H]1CN(Cc2ccccc2)C[C@@H]1C[C@H](Cc1ccc(OC)c(OCCCOC)c1)C(C)C. The van der Waals surface area contributed by atoms with Gasteiger partial charge in [-0.05, 0) is 60.8 Å². The number of carbonyl (C=O) groups is 1. The van der Waals surface area contributed by atoms with E-state index in [0.717, 1.165) is 50.4 Å². The topological polar surface area (TPSA) is 57.2 Å². The Morgan fingerprint density at radius 2 is 1.78 bits per heavy atom. The van der Waals surface area contributed by atoms with Crippen LogP contribution in [0, 0.1) is 23.7 Å². The van der Waals surface area contributed by atoms with Crippen LogP contribution in [0.2, 0.25) is 0 Å². The van der Waals surface area contributed by atoms with E-state index < -0.39 is 0 Å². The molecule has 2 aromatic rings. The Morgan fingerprint density at radius 3 is 2.46 bits per heavy atom. The number of hydrogen-bond donors (Lipinski definition) is 0. The number of benzene rings is 2. The lowest BCUT2D eigenvalue weighted by atomic mass is 9.79. The first-order valence-corrected chi connectivity index (χ1v) is 13.7. The molecule has 2 aromatic carbocycles. The van der Waals surface area contributed by atoms with Gasteiger partial charge < -0.3 is 18.9 Å². The van der Waals surface area contributed by atoms with E-state index in [4.69, 9.17) is 18.9 Å². The second-order valence-electron chi connectivity index (χ2n) is 10.4. The fourth-order valence-corrected chi connectivity index (χ4v) is 5.32. The summed E-state index contributed by atoms with van der Waals surface area (Å²) in [4.78, 5) is 15.4. The summed E-state index contributed by atoms with van der Waals surface area (Å²) >= 11 is 0. The van der Waals surface area contributed by atoms with Crippen molar-refractivity contribution < 1.29 is 23.7 Å². The van der Waals surface area contributed by atoms with Gasteiger partial charge in [-0.15, -0.1) is 0 Å². The van der Waals surface area contributed by atoms with Crippen molar-refractivity contribution in [1.82, 2.24) is 4.90 Å². The van der Waals surface area contributed by atoms with Crippen molar-refractivity contribution in [1.29, 1.82) is 0 Å². The average Bonchev–Trinajstić information content (AvgIpc) is 3.29. The highest BCUT2D eigenvalue weighted by molar-refractivity contribution is 5.73. The highest BCUT2D eigenvalue weighted by atomic mass is 16.5. The second-order valence-corrected chi connectivity index (χ2v) is 10.4. The molecule has 1 fully saturated rings. The van der Waals surface area contributed by atoms with Gasteiger partial charge in [-0.2, -0.15) is 0 Å². The van der Waals surface area contributed by atoms with Gasteiger partial charge in [0.05, 0.1) is 26.2 Å². The Balaban J connectivity index is 1.71. The molecule has 1 aliphatic rings. The van der Waals surface area contributed by atoms with Crippen LogP contribution in [0.3, 0.4) is 0 Å². The van der Waals surface area contributed by atoms with Crippen LogP contribution in [-0.2, 0) is 27.2 Å². The Bertz CT molecular complexity index is 948. The fourth-order valence-electron chi connectivity index (χ4n) is 5.32. The van der Waals surface area contributed by atoms with Crippen molar-refractivity contribution in [3.63, 3.8) is 0 Å². The van der Waals surface area contributed by atoms with E-state index in [-0.39, 0.29) is 17.8 Å². The summed E-state index contributed by atoms with van der Waals surface area (Å²) in [5.41, 5.74) is 2.51. The first-order chi connectivity index (χ1) is 17.9. The summed E-state index contributed by atoms with van der Waals surface area (Å²) in [7, 11) is 3.37. The van der Waals surface area contributed by atoms with E-state index in [1.165, 1.54) is 11.1 Å². The lowest BCUT2D eigenvalue weighted by molar-refractivity contribution is -0.149. The van der Waals surface area contributed by atoms with E-state index in [2.05, 4.69) is 55.1 Å². The van der Waals surface area contributed by atoms with Crippen LogP contribution in [0.4, 0.5) is 0 Å². The van der Waals surface area contributed by atoms with E-state index in [1.54, 1.807) is 14.2 Å².